The van der Waals surface area contributed by atoms with Gasteiger partial charge in [-0.15, -0.1) is 0 Å². The van der Waals surface area contributed by atoms with Gasteiger partial charge in [0.2, 0.25) is 0 Å². The first-order chi connectivity index (χ1) is 12.7. The third-order valence-corrected chi connectivity index (χ3v) is 4.43. The van der Waals surface area contributed by atoms with E-state index < -0.39 is 0 Å². The van der Waals surface area contributed by atoms with Gasteiger partial charge >= 0.3 is 0 Å². The summed E-state index contributed by atoms with van der Waals surface area (Å²) in [7, 11) is 0. The smallest absolute Gasteiger partial charge is 0.130 e. The van der Waals surface area contributed by atoms with Crippen LogP contribution in [0, 0.1) is 0 Å². The average molecular weight is 394 g/mol. The second-order valence-electron chi connectivity index (χ2n) is 6.34. The van der Waals surface area contributed by atoms with Crippen LogP contribution in [0.15, 0.2) is 87.3 Å². The van der Waals surface area contributed by atoms with Gasteiger partial charge in [-0.3, -0.25) is 0 Å². The third kappa shape index (κ3) is 3.42. The van der Waals surface area contributed by atoms with Gasteiger partial charge in [-0.25, -0.2) is 14.8 Å². The average Bonchev–Trinajstić information content (AvgIpc) is 3.39. The quantitative estimate of drug-likeness (QED) is 0.509. The Labute approximate surface area is 165 Å². The maximum atomic E-state index is 11.3. The van der Waals surface area contributed by atoms with Crippen molar-refractivity contribution in [2.24, 2.45) is 9.98 Å². The van der Waals surface area contributed by atoms with Crippen molar-refractivity contribution in [2.75, 3.05) is 0 Å². The van der Waals surface area contributed by atoms with Crippen LogP contribution in [0.4, 0.5) is 0 Å². The van der Waals surface area contributed by atoms with E-state index in [2.05, 4.69) is 20.3 Å². The normalized spacial score (nSPS) is 21.6. The second-order valence-corrected chi connectivity index (χ2v) is 6.34. The maximum absolute atomic E-state index is 11.3. The van der Waals surface area contributed by atoms with Gasteiger partial charge in [0.25, 0.3) is 0 Å². The Morgan fingerprint density at radius 1 is 0.852 bits per heavy atom. The molecule has 4 aliphatic rings. The summed E-state index contributed by atoms with van der Waals surface area (Å²) in [4.78, 5) is 23.8. The number of hydrogen-bond donors (Lipinski definition) is 2. The zero-order valence-electron chi connectivity index (χ0n) is 14.1. The molecule has 0 aliphatic carbocycles. The molecule has 2 N–H and O–H groups in total. The molecule has 27 heavy (non-hydrogen) atoms. The SMILES string of the molecule is O=C=C1C=C2C=c3ccc([nH]3)=CC3=NC(=CC4=NC(=CC1N2)C=C4)C=C3.[Fe]. The van der Waals surface area contributed by atoms with E-state index in [0.717, 1.165) is 39.2 Å². The number of allylic oxidation sites excluding steroid dienone is 6. The molecule has 0 amide bonds. The van der Waals surface area contributed by atoms with Crippen LogP contribution < -0.4 is 16.0 Å². The summed E-state index contributed by atoms with van der Waals surface area (Å²) in [5.74, 6) is 2.02. The Kier molecular flexibility index (Phi) is 4.38. The number of H-pyrrole nitrogens is 1. The second kappa shape index (κ2) is 6.86. The zero-order chi connectivity index (χ0) is 17.5. The number of nitrogens with zero attached hydrogens (tertiary/aromatic N) is 2. The van der Waals surface area contributed by atoms with Crippen LogP contribution in [0.2, 0.25) is 0 Å². The zero-order valence-corrected chi connectivity index (χ0v) is 15.2. The predicted octanol–water partition coefficient (Wildman–Crippen LogP) is 0.990. The number of carbonyl (C=O) groups excluding carboxylic acids is 1. The van der Waals surface area contributed by atoms with Gasteiger partial charge in [0.05, 0.1) is 34.4 Å². The third-order valence-electron chi connectivity index (χ3n) is 4.43. The van der Waals surface area contributed by atoms with Gasteiger partial charge in [-0.1, -0.05) is 0 Å². The molecule has 0 saturated carbocycles. The van der Waals surface area contributed by atoms with E-state index in [1.54, 1.807) is 0 Å². The first-order valence-electron chi connectivity index (χ1n) is 8.34. The van der Waals surface area contributed by atoms with E-state index in [0.29, 0.717) is 5.57 Å². The topological polar surface area (TPSA) is 69.6 Å². The Bertz CT molecular complexity index is 1210. The first-order valence-corrected chi connectivity index (χ1v) is 8.34. The Balaban J connectivity index is 0.00000180. The van der Waals surface area contributed by atoms with Crippen LogP contribution in [0.25, 0.3) is 12.2 Å². The van der Waals surface area contributed by atoms with Crippen molar-refractivity contribution < 1.29 is 21.9 Å². The van der Waals surface area contributed by atoms with E-state index in [1.165, 1.54) is 0 Å². The molecule has 0 aromatic carbocycles. The van der Waals surface area contributed by atoms with E-state index in [1.807, 2.05) is 72.8 Å². The molecule has 1 aromatic rings. The molecule has 6 heteroatoms. The number of aliphatic imine (C=N–C) groups is 2. The van der Waals surface area contributed by atoms with E-state index in [4.69, 9.17) is 0 Å². The molecule has 1 unspecified atom stereocenters. The summed E-state index contributed by atoms with van der Waals surface area (Å²) in [6.45, 7) is 0. The molecule has 5 nitrogen and oxygen atoms in total. The number of fused-ring (bicyclic) bond motifs is 6. The van der Waals surface area contributed by atoms with Gasteiger partial charge < -0.3 is 10.3 Å². The first kappa shape index (κ1) is 17.3. The van der Waals surface area contributed by atoms with Crippen molar-refractivity contribution in [3.8, 4) is 0 Å². The fourth-order valence-electron chi connectivity index (χ4n) is 3.23. The number of aromatic amines is 1. The molecular weight excluding hydrogens is 380 g/mol. The fraction of sp³-hybridized carbons (Fsp3) is 0.0476. The molecule has 4 aliphatic heterocycles. The number of aromatic nitrogens is 1. The molecule has 5 rings (SSSR count). The fourth-order valence-corrected chi connectivity index (χ4v) is 3.23. The summed E-state index contributed by atoms with van der Waals surface area (Å²) in [6, 6.07) is 3.76. The van der Waals surface area contributed by atoms with Crippen molar-refractivity contribution in [1.82, 2.24) is 10.3 Å². The molecule has 5 heterocycles. The van der Waals surface area contributed by atoms with Gasteiger partial charge in [0.1, 0.15) is 5.94 Å². The Morgan fingerprint density at radius 3 is 2.37 bits per heavy atom. The minimum Gasteiger partial charge on any atom is -0.374 e. The largest absolute Gasteiger partial charge is 0.374 e. The summed E-state index contributed by atoms with van der Waals surface area (Å²) in [5, 5.41) is 5.24. The summed E-state index contributed by atoms with van der Waals surface area (Å²) >= 11 is 0. The number of hydrogen-bond acceptors (Lipinski definition) is 4. The minimum atomic E-state index is -0.237. The molecule has 1 aromatic heterocycles. The van der Waals surface area contributed by atoms with Crippen LogP contribution >= 0.6 is 0 Å². The van der Waals surface area contributed by atoms with E-state index in [-0.39, 0.29) is 23.1 Å². The van der Waals surface area contributed by atoms with Crippen molar-refractivity contribution in [3.05, 3.63) is 88.0 Å². The number of nitrogens with one attached hydrogen (secondary N) is 2. The van der Waals surface area contributed by atoms with Crippen LogP contribution in [0.5, 0.6) is 0 Å². The summed E-state index contributed by atoms with van der Waals surface area (Å²) < 4.78 is 0. The van der Waals surface area contributed by atoms with E-state index in [9.17, 15) is 4.79 Å². The van der Waals surface area contributed by atoms with Crippen LogP contribution in [0.1, 0.15) is 0 Å². The minimum absolute atomic E-state index is 0. The van der Waals surface area contributed by atoms with E-state index >= 15 is 0 Å². The molecule has 0 fully saturated rings. The Hall–Kier alpha value is -3.17. The van der Waals surface area contributed by atoms with Crippen LogP contribution in [0.3, 0.4) is 0 Å². The van der Waals surface area contributed by atoms with Gasteiger partial charge in [-0.05, 0) is 66.8 Å². The molecule has 8 bridgehead atoms. The molecular formula is C21H14FeN4O. The molecule has 0 saturated heterocycles. The molecule has 0 radical (unpaired) electrons. The van der Waals surface area contributed by atoms with Crippen LogP contribution in [-0.2, 0) is 21.9 Å². The summed E-state index contributed by atoms with van der Waals surface area (Å²) in [5.41, 5.74) is 4.82. The number of rotatable bonds is 0. The van der Waals surface area contributed by atoms with Gasteiger partial charge in [-0.2, -0.15) is 0 Å². The van der Waals surface area contributed by atoms with Gasteiger partial charge in [0.15, 0.2) is 0 Å². The molecule has 132 valence electrons. The van der Waals surface area contributed by atoms with Crippen molar-refractivity contribution in [1.29, 1.82) is 0 Å². The van der Waals surface area contributed by atoms with Crippen molar-refractivity contribution in [3.63, 3.8) is 0 Å². The van der Waals surface area contributed by atoms with Gasteiger partial charge in [0, 0.05) is 33.5 Å². The molecule has 0 spiro atoms. The standard InChI is InChI=1S/C21H14N4O.Fe/c26-12-13-7-20-10-18-4-3-16(23-18)8-14-1-2-15(22-14)9-17-5-6-19(24-17)11-21(13)25-20;/h1-11,21,23,25H;. The maximum Gasteiger partial charge on any atom is 0.130 e. The van der Waals surface area contributed by atoms with Crippen LogP contribution in [-0.4, -0.2) is 28.4 Å². The predicted molar refractivity (Wildman–Crippen MR) is 103 cm³/mol. The summed E-state index contributed by atoms with van der Waals surface area (Å²) in [6.07, 6.45) is 17.5. The van der Waals surface area contributed by atoms with Crippen molar-refractivity contribution >= 4 is 29.5 Å². The Morgan fingerprint density at radius 2 is 1.56 bits per heavy atom. The van der Waals surface area contributed by atoms with Crippen molar-refractivity contribution in [2.45, 2.75) is 6.04 Å². The molecule has 1 atom stereocenters. The monoisotopic (exact) mass is 394 g/mol.